The van der Waals surface area contributed by atoms with Crippen molar-refractivity contribution >= 4 is 5.91 Å². The lowest BCUT2D eigenvalue weighted by atomic mass is 10.0. The molecule has 2 aliphatic heterocycles. The van der Waals surface area contributed by atoms with Crippen molar-refractivity contribution in [3.8, 4) is 0 Å². The molecule has 19 heavy (non-hydrogen) atoms. The van der Waals surface area contributed by atoms with Gasteiger partial charge in [-0.15, -0.1) is 0 Å². The van der Waals surface area contributed by atoms with Crippen molar-refractivity contribution in [2.45, 2.75) is 51.6 Å². The maximum atomic E-state index is 11.1. The zero-order valence-electron chi connectivity index (χ0n) is 12.2. The van der Waals surface area contributed by atoms with E-state index in [0.29, 0.717) is 18.5 Å². The molecular formula is C15H27N3O. The van der Waals surface area contributed by atoms with Crippen molar-refractivity contribution in [3.63, 3.8) is 0 Å². The first-order chi connectivity index (χ1) is 9.13. The summed E-state index contributed by atoms with van der Waals surface area (Å²) in [5.74, 6) is 0.211. The second-order valence-electron chi connectivity index (χ2n) is 6.07. The van der Waals surface area contributed by atoms with Crippen LogP contribution < -0.4 is 10.6 Å². The maximum absolute atomic E-state index is 11.1. The first-order valence-corrected chi connectivity index (χ1v) is 7.52. The van der Waals surface area contributed by atoms with Crippen molar-refractivity contribution in [3.05, 3.63) is 11.6 Å². The van der Waals surface area contributed by atoms with E-state index in [-0.39, 0.29) is 5.91 Å². The Morgan fingerprint density at radius 3 is 2.68 bits per heavy atom. The first-order valence-electron chi connectivity index (χ1n) is 7.52. The zero-order valence-corrected chi connectivity index (χ0v) is 12.2. The number of nitrogens with zero attached hydrogens (tertiary/aromatic N) is 1. The predicted octanol–water partition coefficient (Wildman–Crippen LogP) is 1.29. The zero-order chi connectivity index (χ0) is 13.7. The minimum atomic E-state index is 0.211. The Balaban J connectivity index is 1.61. The van der Waals surface area contributed by atoms with E-state index in [4.69, 9.17) is 0 Å². The van der Waals surface area contributed by atoms with Crippen molar-refractivity contribution in [2.75, 3.05) is 26.2 Å². The normalized spacial score (nSPS) is 25.4. The second-order valence-corrected chi connectivity index (χ2v) is 6.07. The number of piperidine rings is 1. The number of nitrogens with one attached hydrogen (secondary N) is 2. The van der Waals surface area contributed by atoms with Crippen LogP contribution in [-0.2, 0) is 4.79 Å². The number of hydrogen-bond acceptors (Lipinski definition) is 3. The lowest BCUT2D eigenvalue weighted by molar-refractivity contribution is -0.119. The van der Waals surface area contributed by atoms with Gasteiger partial charge in [-0.2, -0.15) is 0 Å². The van der Waals surface area contributed by atoms with E-state index < -0.39 is 0 Å². The quantitative estimate of drug-likeness (QED) is 0.736. The van der Waals surface area contributed by atoms with Gasteiger partial charge in [0.25, 0.3) is 0 Å². The highest BCUT2D eigenvalue weighted by Gasteiger charge is 2.23. The molecule has 0 aromatic rings. The highest BCUT2D eigenvalue weighted by molar-refractivity contribution is 5.78. The summed E-state index contributed by atoms with van der Waals surface area (Å²) >= 11 is 0. The molecule has 0 spiro atoms. The smallest absolute Gasteiger partial charge is 0.220 e. The fourth-order valence-corrected chi connectivity index (χ4v) is 2.77. The average molecular weight is 265 g/mol. The predicted molar refractivity (Wildman–Crippen MR) is 78.1 cm³/mol. The molecule has 4 nitrogen and oxygen atoms in total. The molecule has 2 N–H and O–H groups in total. The van der Waals surface area contributed by atoms with E-state index in [1.807, 2.05) is 0 Å². The number of amides is 1. The van der Waals surface area contributed by atoms with E-state index in [0.717, 1.165) is 19.5 Å². The van der Waals surface area contributed by atoms with Gasteiger partial charge in [0, 0.05) is 31.6 Å². The van der Waals surface area contributed by atoms with Crippen LogP contribution in [0.3, 0.4) is 0 Å². The fourth-order valence-electron chi connectivity index (χ4n) is 2.77. The van der Waals surface area contributed by atoms with E-state index >= 15 is 0 Å². The van der Waals surface area contributed by atoms with Crippen LogP contribution in [-0.4, -0.2) is 49.1 Å². The second kappa shape index (κ2) is 7.06. The van der Waals surface area contributed by atoms with Crippen LogP contribution in [0.5, 0.6) is 0 Å². The van der Waals surface area contributed by atoms with Crippen LogP contribution in [0, 0.1) is 0 Å². The Kier molecular flexibility index (Phi) is 5.40. The van der Waals surface area contributed by atoms with Gasteiger partial charge in [0.05, 0.1) is 0 Å². The van der Waals surface area contributed by atoms with Crippen LogP contribution in [0.4, 0.5) is 0 Å². The molecule has 2 rings (SSSR count). The minimum absolute atomic E-state index is 0.211. The Morgan fingerprint density at radius 1 is 1.37 bits per heavy atom. The molecule has 1 amide bonds. The standard InChI is InChI=1S/C15H27N3O/c1-12(2)5-8-18-9-6-13(7-10-18)16-11-14-3-4-15(19)17-14/h5,13-14,16H,3-4,6-11H2,1-2H3,(H,17,19). The van der Waals surface area contributed by atoms with Gasteiger partial charge in [-0.25, -0.2) is 0 Å². The molecular weight excluding hydrogens is 238 g/mol. The lowest BCUT2D eigenvalue weighted by Gasteiger charge is -2.32. The van der Waals surface area contributed by atoms with Crippen LogP contribution in [0.15, 0.2) is 11.6 Å². The summed E-state index contributed by atoms with van der Waals surface area (Å²) in [4.78, 5) is 13.6. The number of hydrogen-bond donors (Lipinski definition) is 2. The molecule has 0 radical (unpaired) electrons. The Hall–Kier alpha value is -0.870. The summed E-state index contributed by atoms with van der Waals surface area (Å²) in [5, 5.41) is 6.63. The molecule has 0 aromatic heterocycles. The van der Waals surface area contributed by atoms with Crippen LogP contribution >= 0.6 is 0 Å². The summed E-state index contributed by atoms with van der Waals surface area (Å²) in [5.41, 5.74) is 1.40. The highest BCUT2D eigenvalue weighted by atomic mass is 16.1. The molecule has 1 unspecified atom stereocenters. The molecule has 0 saturated carbocycles. The SMILES string of the molecule is CC(C)=CCN1CCC(NCC2CCC(=O)N2)CC1. The Bertz CT molecular complexity index is 328. The fraction of sp³-hybridized carbons (Fsp3) is 0.800. The summed E-state index contributed by atoms with van der Waals surface area (Å²) in [6.07, 6.45) is 6.44. The van der Waals surface area contributed by atoms with Crippen molar-refractivity contribution in [2.24, 2.45) is 0 Å². The third kappa shape index (κ3) is 4.96. The largest absolute Gasteiger partial charge is 0.352 e. The van der Waals surface area contributed by atoms with E-state index in [1.165, 1.54) is 31.5 Å². The molecule has 0 aromatic carbocycles. The summed E-state index contributed by atoms with van der Waals surface area (Å²) in [7, 11) is 0. The summed E-state index contributed by atoms with van der Waals surface area (Å²) in [6.45, 7) is 8.70. The number of rotatable bonds is 5. The van der Waals surface area contributed by atoms with Gasteiger partial charge in [0.15, 0.2) is 0 Å². The highest BCUT2D eigenvalue weighted by Crippen LogP contribution is 2.12. The lowest BCUT2D eigenvalue weighted by Crippen LogP contribution is -2.46. The van der Waals surface area contributed by atoms with Crippen LogP contribution in [0.2, 0.25) is 0 Å². The number of likely N-dealkylation sites (tertiary alicyclic amines) is 1. The Labute approximate surface area is 116 Å². The molecule has 2 aliphatic rings. The van der Waals surface area contributed by atoms with Gasteiger partial charge in [-0.3, -0.25) is 9.69 Å². The molecule has 2 fully saturated rings. The molecule has 0 aliphatic carbocycles. The summed E-state index contributed by atoms with van der Waals surface area (Å²) in [6, 6.07) is 0.983. The molecule has 1 atom stereocenters. The van der Waals surface area contributed by atoms with E-state index in [2.05, 4.69) is 35.5 Å². The number of carbonyl (C=O) groups excluding carboxylic acids is 1. The Morgan fingerprint density at radius 2 is 2.11 bits per heavy atom. The molecule has 108 valence electrons. The first kappa shape index (κ1) is 14.5. The average Bonchev–Trinajstić information content (AvgIpc) is 2.81. The van der Waals surface area contributed by atoms with Crippen molar-refractivity contribution in [1.82, 2.24) is 15.5 Å². The third-order valence-electron chi connectivity index (χ3n) is 4.08. The summed E-state index contributed by atoms with van der Waals surface area (Å²) < 4.78 is 0. The third-order valence-corrected chi connectivity index (χ3v) is 4.08. The van der Waals surface area contributed by atoms with Crippen LogP contribution in [0.25, 0.3) is 0 Å². The van der Waals surface area contributed by atoms with Gasteiger partial charge in [0.1, 0.15) is 0 Å². The van der Waals surface area contributed by atoms with Gasteiger partial charge >= 0.3 is 0 Å². The molecule has 4 heteroatoms. The number of allylic oxidation sites excluding steroid dienone is 1. The van der Waals surface area contributed by atoms with Crippen molar-refractivity contribution in [1.29, 1.82) is 0 Å². The topological polar surface area (TPSA) is 44.4 Å². The molecule has 2 heterocycles. The van der Waals surface area contributed by atoms with Crippen LogP contribution in [0.1, 0.15) is 39.5 Å². The van der Waals surface area contributed by atoms with Crippen molar-refractivity contribution < 1.29 is 4.79 Å². The number of carbonyl (C=O) groups is 1. The molecule has 2 saturated heterocycles. The maximum Gasteiger partial charge on any atom is 0.220 e. The minimum Gasteiger partial charge on any atom is -0.352 e. The van der Waals surface area contributed by atoms with Gasteiger partial charge in [0.2, 0.25) is 5.91 Å². The van der Waals surface area contributed by atoms with E-state index in [9.17, 15) is 4.79 Å². The molecule has 0 bridgehead atoms. The van der Waals surface area contributed by atoms with Gasteiger partial charge < -0.3 is 10.6 Å². The monoisotopic (exact) mass is 265 g/mol. The van der Waals surface area contributed by atoms with Gasteiger partial charge in [-0.05, 0) is 46.2 Å². The van der Waals surface area contributed by atoms with E-state index in [1.54, 1.807) is 0 Å². The van der Waals surface area contributed by atoms with Gasteiger partial charge in [-0.1, -0.05) is 11.6 Å².